The summed E-state index contributed by atoms with van der Waals surface area (Å²) >= 11 is 0. The first-order valence-corrected chi connectivity index (χ1v) is 19.0. The van der Waals surface area contributed by atoms with E-state index in [1.54, 1.807) is 65.8 Å². The molecule has 0 saturated heterocycles. The van der Waals surface area contributed by atoms with E-state index >= 15 is 0 Å². The maximum Gasteiger partial charge on any atom is 0.408 e. The fourth-order valence-electron chi connectivity index (χ4n) is 4.63. The highest BCUT2D eigenvalue weighted by Crippen LogP contribution is 2.14. The fourth-order valence-corrected chi connectivity index (χ4v) is 4.63. The number of hydrogen-bond acceptors (Lipinski definition) is 11. The lowest BCUT2D eigenvalue weighted by Gasteiger charge is -2.20. The highest BCUT2D eigenvalue weighted by molar-refractivity contribution is 5.87. The summed E-state index contributed by atoms with van der Waals surface area (Å²) in [6.07, 6.45) is -1.69. The van der Waals surface area contributed by atoms with E-state index in [4.69, 9.17) is 29.4 Å². The summed E-state index contributed by atoms with van der Waals surface area (Å²) in [6, 6.07) is 25.7. The molecule has 7 N–H and O–H groups in total. The molecule has 58 heavy (non-hydrogen) atoms. The monoisotopic (exact) mass is 808 g/mol. The van der Waals surface area contributed by atoms with Crippen LogP contribution in [0.4, 0.5) is 14.4 Å². The molecule has 318 valence electrons. The molecule has 0 saturated carbocycles. The molecular weight excluding hydrogens is 748 g/mol. The number of amides is 5. The molecule has 0 spiro atoms. The SMILES string of the molecule is CC(C)(C)OC(=O)NCCOCCNC(=O)[C@@H](N)c1ccccc1.CC(C)(C)OC(=O)NCCOCCNC(=O)[C@@H](NC(=O)OCc1ccccc1)c1ccccc1. The van der Waals surface area contributed by atoms with Crippen molar-refractivity contribution in [2.75, 3.05) is 52.6 Å². The predicted octanol–water partition coefficient (Wildman–Crippen LogP) is 4.66. The Kier molecular flexibility index (Phi) is 21.9. The van der Waals surface area contributed by atoms with Gasteiger partial charge < -0.3 is 56.0 Å². The third-order valence-corrected chi connectivity index (χ3v) is 7.23. The zero-order valence-electron chi connectivity index (χ0n) is 34.3. The number of carbonyl (C=O) groups is 5. The zero-order chi connectivity index (χ0) is 42.8. The largest absolute Gasteiger partial charge is 0.445 e. The molecule has 16 nitrogen and oxygen atoms in total. The van der Waals surface area contributed by atoms with Crippen molar-refractivity contribution in [2.24, 2.45) is 5.73 Å². The standard InChI is InChI=1S/C25H33N3O6.C17H27N3O4/c1-25(2,3)34-23(30)27-15-17-32-16-14-26-22(29)21(20-12-8-5-9-13-20)28-24(31)33-18-19-10-6-4-7-11-19;1-17(2,3)24-16(22)20-10-12-23-11-9-19-15(21)14(18)13-7-5-4-6-8-13/h4-13,21H,14-18H2,1-3H3,(H,26,29)(H,27,30)(H,28,31);4-8,14H,9-12,18H2,1-3H3,(H,19,21)(H,20,22)/t21-;14-/m00/s1. The Morgan fingerprint density at radius 3 is 1.38 bits per heavy atom. The van der Waals surface area contributed by atoms with Gasteiger partial charge in [0.05, 0.1) is 26.4 Å². The number of nitrogens with two attached hydrogens (primary N) is 1. The molecule has 2 atom stereocenters. The van der Waals surface area contributed by atoms with Crippen LogP contribution in [0.5, 0.6) is 0 Å². The first-order valence-electron chi connectivity index (χ1n) is 19.0. The van der Waals surface area contributed by atoms with Crippen LogP contribution in [0.15, 0.2) is 91.0 Å². The van der Waals surface area contributed by atoms with Crippen molar-refractivity contribution >= 4 is 30.1 Å². The highest BCUT2D eigenvalue weighted by atomic mass is 16.6. The number of benzene rings is 3. The minimum atomic E-state index is -0.918. The van der Waals surface area contributed by atoms with E-state index in [1.165, 1.54) is 0 Å². The second-order valence-corrected chi connectivity index (χ2v) is 14.6. The van der Waals surface area contributed by atoms with Gasteiger partial charge in [0.15, 0.2) is 0 Å². The second-order valence-electron chi connectivity index (χ2n) is 14.6. The zero-order valence-corrected chi connectivity index (χ0v) is 34.3. The number of hydrogen-bond donors (Lipinski definition) is 6. The summed E-state index contributed by atoms with van der Waals surface area (Å²) in [6.45, 7) is 13.2. The van der Waals surface area contributed by atoms with Gasteiger partial charge in [-0.05, 0) is 58.2 Å². The van der Waals surface area contributed by atoms with Crippen molar-refractivity contribution in [1.29, 1.82) is 0 Å². The van der Waals surface area contributed by atoms with Gasteiger partial charge in [-0.25, -0.2) is 14.4 Å². The molecular formula is C42H60N6O10. The van der Waals surface area contributed by atoms with Gasteiger partial charge in [-0.1, -0.05) is 91.0 Å². The van der Waals surface area contributed by atoms with Crippen molar-refractivity contribution in [3.8, 4) is 0 Å². The molecule has 0 fully saturated rings. The topological polar surface area (TPSA) is 218 Å². The first-order chi connectivity index (χ1) is 27.5. The first kappa shape index (κ1) is 48.4. The average Bonchev–Trinajstić information content (AvgIpc) is 3.18. The Bertz CT molecular complexity index is 1650. The lowest BCUT2D eigenvalue weighted by molar-refractivity contribution is -0.123. The summed E-state index contributed by atoms with van der Waals surface area (Å²) < 4.78 is 26.2. The van der Waals surface area contributed by atoms with Crippen LogP contribution >= 0.6 is 0 Å². The number of carbonyl (C=O) groups excluding carboxylic acids is 5. The molecule has 0 radical (unpaired) electrons. The Morgan fingerprint density at radius 2 is 0.931 bits per heavy atom. The third-order valence-electron chi connectivity index (χ3n) is 7.23. The fraction of sp³-hybridized carbons (Fsp3) is 0.452. The van der Waals surface area contributed by atoms with E-state index in [-0.39, 0.29) is 38.8 Å². The quantitative estimate of drug-likeness (QED) is 0.0723. The van der Waals surface area contributed by atoms with Gasteiger partial charge in [-0.15, -0.1) is 0 Å². The Balaban J connectivity index is 0.000000426. The van der Waals surface area contributed by atoms with Gasteiger partial charge in [0.1, 0.15) is 29.9 Å². The molecule has 0 aromatic heterocycles. The van der Waals surface area contributed by atoms with E-state index in [2.05, 4.69) is 26.6 Å². The van der Waals surface area contributed by atoms with Crippen molar-refractivity contribution in [1.82, 2.24) is 26.6 Å². The lowest BCUT2D eigenvalue weighted by Crippen LogP contribution is -2.41. The Hall–Kier alpha value is -5.71. The maximum absolute atomic E-state index is 12.8. The molecule has 0 aliphatic carbocycles. The number of alkyl carbamates (subject to hydrolysis) is 3. The molecule has 0 aliphatic heterocycles. The van der Waals surface area contributed by atoms with E-state index in [9.17, 15) is 24.0 Å². The normalized spacial score (nSPS) is 12.0. The van der Waals surface area contributed by atoms with E-state index < -0.39 is 47.5 Å². The maximum atomic E-state index is 12.8. The Morgan fingerprint density at radius 1 is 0.534 bits per heavy atom. The van der Waals surface area contributed by atoms with Crippen LogP contribution in [-0.2, 0) is 39.9 Å². The minimum absolute atomic E-state index is 0.0982. The summed E-state index contributed by atoms with van der Waals surface area (Å²) in [7, 11) is 0. The third kappa shape index (κ3) is 22.7. The lowest BCUT2D eigenvalue weighted by atomic mass is 10.1. The minimum Gasteiger partial charge on any atom is -0.445 e. The highest BCUT2D eigenvalue weighted by Gasteiger charge is 2.23. The average molecular weight is 809 g/mol. The molecule has 0 bridgehead atoms. The number of nitrogens with one attached hydrogen (secondary N) is 5. The Labute approximate surface area is 341 Å². The summed E-state index contributed by atoms with van der Waals surface area (Å²) in [5.74, 6) is -0.643. The van der Waals surface area contributed by atoms with Crippen molar-refractivity contribution in [2.45, 2.75) is 71.4 Å². The molecule has 3 rings (SSSR count). The molecule has 3 aromatic carbocycles. The molecule has 5 amide bonds. The van der Waals surface area contributed by atoms with E-state index in [0.717, 1.165) is 11.1 Å². The van der Waals surface area contributed by atoms with Crippen LogP contribution in [0, 0.1) is 0 Å². The van der Waals surface area contributed by atoms with Crippen molar-refractivity contribution in [3.63, 3.8) is 0 Å². The summed E-state index contributed by atoms with van der Waals surface area (Å²) in [5, 5.41) is 13.2. The van der Waals surface area contributed by atoms with E-state index in [0.29, 0.717) is 31.9 Å². The van der Waals surface area contributed by atoms with Gasteiger partial charge in [0.2, 0.25) is 11.8 Å². The van der Waals surface area contributed by atoms with Crippen LogP contribution in [0.1, 0.15) is 70.3 Å². The second kappa shape index (κ2) is 26.3. The number of rotatable bonds is 19. The predicted molar refractivity (Wildman–Crippen MR) is 218 cm³/mol. The van der Waals surface area contributed by atoms with Crippen molar-refractivity contribution in [3.05, 3.63) is 108 Å². The van der Waals surface area contributed by atoms with Crippen LogP contribution in [-0.4, -0.2) is 93.9 Å². The summed E-state index contributed by atoms with van der Waals surface area (Å²) in [4.78, 5) is 59.9. The van der Waals surface area contributed by atoms with Crippen LogP contribution in [0.3, 0.4) is 0 Å². The molecule has 16 heteroatoms. The molecule has 3 aromatic rings. The molecule has 0 unspecified atom stereocenters. The summed E-state index contributed by atoms with van der Waals surface area (Å²) in [5.41, 5.74) is 7.02. The van der Waals surface area contributed by atoms with Gasteiger partial charge >= 0.3 is 18.3 Å². The van der Waals surface area contributed by atoms with Gasteiger partial charge in [0, 0.05) is 26.2 Å². The smallest absolute Gasteiger partial charge is 0.408 e. The van der Waals surface area contributed by atoms with Gasteiger partial charge in [-0.3, -0.25) is 9.59 Å². The van der Waals surface area contributed by atoms with E-state index in [1.807, 2.05) is 66.7 Å². The van der Waals surface area contributed by atoms with Crippen molar-refractivity contribution < 1.29 is 47.7 Å². The van der Waals surface area contributed by atoms with Gasteiger partial charge in [0.25, 0.3) is 0 Å². The van der Waals surface area contributed by atoms with Crippen LogP contribution in [0.2, 0.25) is 0 Å². The molecule has 0 heterocycles. The number of ether oxygens (including phenoxy) is 5. The molecule has 0 aliphatic rings. The van der Waals surface area contributed by atoms with Crippen LogP contribution in [0.25, 0.3) is 0 Å². The van der Waals surface area contributed by atoms with Crippen LogP contribution < -0.4 is 32.3 Å². The van der Waals surface area contributed by atoms with Gasteiger partial charge in [-0.2, -0.15) is 0 Å².